The predicted molar refractivity (Wildman–Crippen MR) is 108 cm³/mol. The zero-order valence-electron chi connectivity index (χ0n) is 15.4. The molecule has 0 aliphatic carbocycles. The number of hydrogen-bond acceptors (Lipinski definition) is 6. The van der Waals surface area contributed by atoms with Crippen LogP contribution in [0.2, 0.25) is 0 Å². The minimum absolute atomic E-state index is 0.00306. The molecule has 1 fully saturated rings. The highest BCUT2D eigenvalue weighted by Gasteiger charge is 2.33. The number of likely N-dealkylation sites (tertiary alicyclic amines) is 1. The Morgan fingerprint density at radius 1 is 1.32 bits per heavy atom. The largest absolute Gasteiger partial charge is 0.342 e. The summed E-state index contributed by atoms with van der Waals surface area (Å²) in [5.74, 6) is -0.619. The number of thiazole rings is 1. The van der Waals surface area contributed by atoms with Crippen LogP contribution in [0.25, 0.3) is 0 Å². The van der Waals surface area contributed by atoms with Crippen molar-refractivity contribution in [3.05, 3.63) is 35.8 Å². The summed E-state index contributed by atoms with van der Waals surface area (Å²) in [5, 5.41) is 4.72. The number of benzene rings is 1. The summed E-state index contributed by atoms with van der Waals surface area (Å²) in [5.41, 5.74) is 0.484. The second kappa shape index (κ2) is 8.70. The number of carbonyl (C=O) groups excluding carboxylic acids is 2. The van der Waals surface area contributed by atoms with E-state index in [0.717, 1.165) is 12.8 Å². The molecule has 2 amide bonds. The Balaban J connectivity index is 1.60. The molecule has 150 valence electrons. The van der Waals surface area contributed by atoms with Crippen molar-refractivity contribution in [3.63, 3.8) is 0 Å². The highest BCUT2D eigenvalue weighted by atomic mass is 32.2. The number of carbonyl (C=O) groups is 2. The molecule has 0 unspecified atom stereocenters. The first kappa shape index (κ1) is 20.3. The summed E-state index contributed by atoms with van der Waals surface area (Å²) in [6.45, 7) is 3.16. The van der Waals surface area contributed by atoms with Crippen molar-refractivity contribution in [1.29, 1.82) is 0 Å². The van der Waals surface area contributed by atoms with Crippen LogP contribution in [0, 0.1) is 5.92 Å². The van der Waals surface area contributed by atoms with E-state index in [2.05, 4.69) is 21.9 Å². The van der Waals surface area contributed by atoms with Crippen LogP contribution >= 0.6 is 11.3 Å². The molecule has 1 aromatic carbocycles. The highest BCUT2D eigenvalue weighted by Crippen LogP contribution is 2.22. The molecule has 0 radical (unpaired) electrons. The number of nitrogens with one attached hydrogen (secondary N) is 2. The van der Waals surface area contributed by atoms with Gasteiger partial charge in [-0.05, 0) is 30.7 Å². The van der Waals surface area contributed by atoms with Gasteiger partial charge in [0.1, 0.15) is 0 Å². The van der Waals surface area contributed by atoms with Gasteiger partial charge in [-0.15, -0.1) is 11.3 Å². The molecule has 2 heterocycles. The Hall–Kier alpha value is -2.46. The minimum Gasteiger partial charge on any atom is -0.342 e. The second-order valence-corrected chi connectivity index (χ2v) is 9.13. The molecule has 3 rings (SSSR count). The van der Waals surface area contributed by atoms with Gasteiger partial charge >= 0.3 is 0 Å². The Kier molecular flexibility index (Phi) is 6.30. The summed E-state index contributed by atoms with van der Waals surface area (Å²) >= 11 is 1.19. The van der Waals surface area contributed by atoms with Crippen LogP contribution in [-0.4, -0.2) is 43.2 Å². The second-order valence-electron chi connectivity index (χ2n) is 6.55. The van der Waals surface area contributed by atoms with Crippen molar-refractivity contribution in [2.75, 3.05) is 23.1 Å². The van der Waals surface area contributed by atoms with Crippen LogP contribution in [0.3, 0.4) is 0 Å². The van der Waals surface area contributed by atoms with E-state index in [1.807, 2.05) is 0 Å². The predicted octanol–water partition coefficient (Wildman–Crippen LogP) is 2.53. The fourth-order valence-corrected chi connectivity index (χ4v) is 4.71. The molecule has 2 aromatic rings. The average molecular weight is 423 g/mol. The van der Waals surface area contributed by atoms with Gasteiger partial charge in [0.15, 0.2) is 5.13 Å². The number of nitrogens with zero attached hydrogens (tertiary/aromatic N) is 2. The van der Waals surface area contributed by atoms with Gasteiger partial charge in [-0.25, -0.2) is 13.4 Å². The van der Waals surface area contributed by atoms with Crippen LogP contribution in [0.15, 0.2) is 40.7 Å². The van der Waals surface area contributed by atoms with Crippen molar-refractivity contribution >= 4 is 44.0 Å². The van der Waals surface area contributed by atoms with Gasteiger partial charge in [-0.1, -0.05) is 13.3 Å². The Labute approximate surface area is 168 Å². The first-order valence-electron chi connectivity index (χ1n) is 9.00. The standard InChI is InChI=1S/C18H22N4O4S2/c1-2-3-9-22-12-13(11-16(22)23)17(24)20-14-4-6-15(7-5-14)28(25,26)21-18-19-8-10-27-18/h4-8,10,13H,2-3,9,11-12H2,1H3,(H,19,21)(H,20,24)/t13-/m1/s1. The SMILES string of the molecule is CCCCN1C[C@H](C(=O)Nc2ccc(S(=O)(=O)Nc3nccs3)cc2)CC1=O. The molecular weight excluding hydrogens is 400 g/mol. The van der Waals surface area contributed by atoms with Gasteiger partial charge in [-0.2, -0.15) is 0 Å². The molecule has 1 aliphatic heterocycles. The van der Waals surface area contributed by atoms with E-state index in [-0.39, 0.29) is 34.2 Å². The van der Waals surface area contributed by atoms with Crippen LogP contribution in [0.4, 0.5) is 10.8 Å². The zero-order valence-corrected chi connectivity index (χ0v) is 17.1. The molecule has 1 aliphatic rings. The molecule has 10 heteroatoms. The van der Waals surface area contributed by atoms with Gasteiger partial charge in [0.2, 0.25) is 11.8 Å². The molecule has 0 saturated carbocycles. The number of anilines is 2. The number of rotatable bonds is 8. The summed E-state index contributed by atoms with van der Waals surface area (Å²) < 4.78 is 27.0. The normalized spacial score (nSPS) is 17.0. The number of unbranched alkanes of at least 4 members (excludes halogenated alkanes) is 1. The molecule has 28 heavy (non-hydrogen) atoms. The maximum absolute atomic E-state index is 12.4. The van der Waals surface area contributed by atoms with Gasteiger partial charge < -0.3 is 10.2 Å². The van der Waals surface area contributed by atoms with Crippen molar-refractivity contribution in [1.82, 2.24) is 9.88 Å². The molecule has 0 bridgehead atoms. The summed E-state index contributed by atoms with van der Waals surface area (Å²) in [7, 11) is -3.73. The Bertz CT molecular complexity index is 927. The summed E-state index contributed by atoms with van der Waals surface area (Å²) in [6, 6.07) is 5.89. The first-order valence-corrected chi connectivity index (χ1v) is 11.4. The molecule has 8 nitrogen and oxygen atoms in total. The van der Waals surface area contributed by atoms with E-state index >= 15 is 0 Å². The van der Waals surface area contributed by atoms with E-state index in [1.54, 1.807) is 10.3 Å². The number of amides is 2. The van der Waals surface area contributed by atoms with E-state index in [1.165, 1.54) is 41.8 Å². The van der Waals surface area contributed by atoms with Crippen molar-refractivity contribution in [2.24, 2.45) is 5.92 Å². The quantitative estimate of drug-likeness (QED) is 0.680. The van der Waals surface area contributed by atoms with Crippen LogP contribution in [0.5, 0.6) is 0 Å². The van der Waals surface area contributed by atoms with Gasteiger partial charge in [0.25, 0.3) is 10.0 Å². The van der Waals surface area contributed by atoms with Gasteiger partial charge in [0.05, 0.1) is 10.8 Å². The fourth-order valence-electron chi connectivity index (χ4n) is 2.92. The zero-order chi connectivity index (χ0) is 20.1. The van der Waals surface area contributed by atoms with Crippen molar-refractivity contribution < 1.29 is 18.0 Å². The lowest BCUT2D eigenvalue weighted by Crippen LogP contribution is -2.29. The molecule has 0 spiro atoms. The van der Waals surface area contributed by atoms with E-state index in [0.29, 0.717) is 18.8 Å². The third-order valence-corrected chi connectivity index (χ3v) is 6.63. The highest BCUT2D eigenvalue weighted by molar-refractivity contribution is 7.93. The lowest BCUT2D eigenvalue weighted by atomic mass is 10.1. The van der Waals surface area contributed by atoms with Crippen molar-refractivity contribution in [2.45, 2.75) is 31.1 Å². The average Bonchev–Trinajstić information content (AvgIpc) is 3.29. The first-order chi connectivity index (χ1) is 13.4. The number of hydrogen-bond donors (Lipinski definition) is 2. The van der Waals surface area contributed by atoms with Crippen LogP contribution in [0.1, 0.15) is 26.2 Å². The lowest BCUT2D eigenvalue weighted by molar-refractivity contribution is -0.128. The monoisotopic (exact) mass is 422 g/mol. The molecule has 1 aromatic heterocycles. The summed E-state index contributed by atoms with van der Waals surface area (Å²) in [6.07, 6.45) is 3.64. The molecule has 1 atom stereocenters. The van der Waals surface area contributed by atoms with E-state index < -0.39 is 10.0 Å². The Morgan fingerprint density at radius 3 is 2.71 bits per heavy atom. The van der Waals surface area contributed by atoms with Gasteiger partial charge in [0, 0.05) is 36.8 Å². The molecular formula is C18H22N4O4S2. The molecule has 1 saturated heterocycles. The maximum atomic E-state index is 12.4. The van der Waals surface area contributed by atoms with E-state index in [9.17, 15) is 18.0 Å². The Morgan fingerprint density at radius 2 is 2.07 bits per heavy atom. The van der Waals surface area contributed by atoms with Gasteiger partial charge in [-0.3, -0.25) is 14.3 Å². The number of aromatic nitrogens is 1. The third kappa shape index (κ3) is 4.87. The molecule has 2 N–H and O–H groups in total. The van der Waals surface area contributed by atoms with Crippen LogP contribution < -0.4 is 10.0 Å². The van der Waals surface area contributed by atoms with E-state index in [4.69, 9.17) is 0 Å². The lowest BCUT2D eigenvalue weighted by Gasteiger charge is -2.16. The smallest absolute Gasteiger partial charge is 0.263 e. The topological polar surface area (TPSA) is 108 Å². The number of sulfonamides is 1. The maximum Gasteiger partial charge on any atom is 0.263 e. The van der Waals surface area contributed by atoms with Crippen LogP contribution in [-0.2, 0) is 19.6 Å². The summed E-state index contributed by atoms with van der Waals surface area (Å²) in [4.78, 5) is 30.1. The minimum atomic E-state index is -3.73. The fraction of sp³-hybridized carbons (Fsp3) is 0.389. The van der Waals surface area contributed by atoms with Crippen molar-refractivity contribution in [3.8, 4) is 0 Å². The third-order valence-electron chi connectivity index (χ3n) is 4.45.